The van der Waals surface area contributed by atoms with Crippen LogP contribution >= 0.6 is 24.0 Å². The Morgan fingerprint density at radius 2 is 2.04 bits per heavy atom. The van der Waals surface area contributed by atoms with Gasteiger partial charge >= 0.3 is 0 Å². The number of pyridine rings is 1. The van der Waals surface area contributed by atoms with Crippen LogP contribution in [0.3, 0.4) is 0 Å². The third kappa shape index (κ3) is 7.48. The lowest BCUT2D eigenvalue weighted by molar-refractivity contribution is 0.196. The van der Waals surface area contributed by atoms with Crippen LogP contribution in [-0.4, -0.2) is 48.1 Å². The largest absolute Gasteiger partial charge is 0.357 e. The number of rotatable bonds is 7. The molecule has 0 atom stereocenters. The first kappa shape index (κ1) is 20.4. The topological polar surface area (TPSA) is 52.6 Å². The highest BCUT2D eigenvalue weighted by molar-refractivity contribution is 14.0. The molecule has 2 heterocycles. The van der Waals surface area contributed by atoms with Crippen molar-refractivity contribution in [2.24, 2.45) is 10.9 Å². The monoisotopic (exact) mass is 457 g/mol. The first-order valence-corrected chi connectivity index (χ1v) is 9.50. The minimum atomic E-state index is 0. The molecule has 3 rings (SSSR count). The summed E-state index contributed by atoms with van der Waals surface area (Å²) in [6, 6.07) is 6.69. The quantitative estimate of drug-likeness (QED) is 0.376. The molecule has 25 heavy (non-hydrogen) atoms. The summed E-state index contributed by atoms with van der Waals surface area (Å²) < 4.78 is 0. The molecule has 1 saturated heterocycles. The number of nitrogens with zero attached hydrogens (tertiary/aromatic N) is 3. The molecule has 0 spiro atoms. The van der Waals surface area contributed by atoms with E-state index in [1.165, 1.54) is 37.8 Å². The van der Waals surface area contributed by atoms with Gasteiger partial charge in [-0.15, -0.1) is 24.0 Å². The van der Waals surface area contributed by atoms with Crippen LogP contribution in [0.15, 0.2) is 29.4 Å². The zero-order valence-corrected chi connectivity index (χ0v) is 17.6. The van der Waals surface area contributed by atoms with Crippen LogP contribution in [0, 0.1) is 5.92 Å². The average Bonchev–Trinajstić information content (AvgIpc) is 3.42. The van der Waals surface area contributed by atoms with Crippen molar-refractivity contribution in [2.75, 3.05) is 26.2 Å². The number of guanidine groups is 1. The lowest BCUT2D eigenvalue weighted by atomic mass is 10.0. The van der Waals surface area contributed by atoms with E-state index >= 15 is 0 Å². The summed E-state index contributed by atoms with van der Waals surface area (Å²) in [4.78, 5) is 11.7. The molecule has 0 unspecified atom stereocenters. The van der Waals surface area contributed by atoms with Crippen molar-refractivity contribution in [3.05, 3.63) is 30.1 Å². The van der Waals surface area contributed by atoms with E-state index < -0.39 is 0 Å². The van der Waals surface area contributed by atoms with Crippen molar-refractivity contribution >= 4 is 29.9 Å². The van der Waals surface area contributed by atoms with Gasteiger partial charge in [0.15, 0.2) is 5.96 Å². The number of nitrogens with one attached hydrogen (secondary N) is 2. The van der Waals surface area contributed by atoms with Gasteiger partial charge in [0, 0.05) is 45.0 Å². The molecule has 140 valence electrons. The van der Waals surface area contributed by atoms with Crippen LogP contribution in [0.1, 0.15) is 44.7 Å². The normalized spacial score (nSPS) is 19.3. The van der Waals surface area contributed by atoms with E-state index in [0.29, 0.717) is 6.04 Å². The number of hydrogen-bond donors (Lipinski definition) is 2. The highest BCUT2D eigenvalue weighted by Crippen LogP contribution is 2.32. The Bertz CT molecular complexity index is 510. The number of likely N-dealkylation sites (tertiary alicyclic amines) is 1. The summed E-state index contributed by atoms with van der Waals surface area (Å²) in [6.07, 6.45) is 8.28. The molecule has 0 amide bonds. The first-order valence-electron chi connectivity index (χ1n) is 9.50. The highest BCUT2D eigenvalue weighted by Gasteiger charge is 2.21. The van der Waals surface area contributed by atoms with Crippen molar-refractivity contribution in [1.29, 1.82) is 0 Å². The van der Waals surface area contributed by atoms with E-state index in [9.17, 15) is 0 Å². The van der Waals surface area contributed by atoms with E-state index in [1.807, 2.05) is 12.3 Å². The third-order valence-electron chi connectivity index (χ3n) is 4.89. The average molecular weight is 457 g/mol. The van der Waals surface area contributed by atoms with Crippen LogP contribution in [0.5, 0.6) is 0 Å². The molecule has 1 saturated carbocycles. The van der Waals surface area contributed by atoms with Gasteiger partial charge in [0.05, 0.1) is 5.69 Å². The number of piperidine rings is 1. The highest BCUT2D eigenvalue weighted by atomic mass is 127. The Hall–Kier alpha value is -0.890. The number of aromatic nitrogens is 1. The third-order valence-corrected chi connectivity index (χ3v) is 4.89. The Balaban J connectivity index is 0.00000225. The van der Waals surface area contributed by atoms with Gasteiger partial charge in [0.25, 0.3) is 0 Å². The molecule has 0 aromatic carbocycles. The molecule has 1 aromatic rings. The van der Waals surface area contributed by atoms with E-state index in [-0.39, 0.29) is 24.0 Å². The summed E-state index contributed by atoms with van der Waals surface area (Å²) in [5.74, 6) is 1.95. The fourth-order valence-electron chi connectivity index (χ4n) is 3.23. The molecule has 2 fully saturated rings. The van der Waals surface area contributed by atoms with E-state index in [0.717, 1.165) is 44.6 Å². The lowest BCUT2D eigenvalue weighted by Gasteiger charge is -2.32. The SMILES string of the molecule is CCNC(=NCCC1CC1)NC1CCN(Cc2ccccn2)CC1.I. The van der Waals surface area contributed by atoms with Crippen molar-refractivity contribution in [2.45, 2.75) is 51.6 Å². The fraction of sp³-hybridized carbons (Fsp3) is 0.684. The first-order chi connectivity index (χ1) is 11.8. The summed E-state index contributed by atoms with van der Waals surface area (Å²) >= 11 is 0. The van der Waals surface area contributed by atoms with Crippen molar-refractivity contribution in [3.8, 4) is 0 Å². The second kappa shape index (κ2) is 11.0. The predicted molar refractivity (Wildman–Crippen MR) is 114 cm³/mol. The molecule has 2 N–H and O–H groups in total. The summed E-state index contributed by atoms with van der Waals surface area (Å²) in [5.41, 5.74) is 1.17. The van der Waals surface area contributed by atoms with Crippen LogP contribution in [0.4, 0.5) is 0 Å². The molecular weight excluding hydrogens is 425 g/mol. The number of halogens is 1. The zero-order chi connectivity index (χ0) is 16.6. The summed E-state index contributed by atoms with van der Waals surface area (Å²) in [6.45, 7) is 7.22. The minimum Gasteiger partial charge on any atom is -0.357 e. The molecule has 0 bridgehead atoms. The molecular formula is C19H32IN5. The molecule has 6 heteroatoms. The molecule has 0 radical (unpaired) electrons. The maximum absolute atomic E-state index is 4.75. The second-order valence-corrected chi connectivity index (χ2v) is 7.01. The van der Waals surface area contributed by atoms with Gasteiger partial charge in [0.2, 0.25) is 0 Å². The molecule has 5 nitrogen and oxygen atoms in total. The lowest BCUT2D eigenvalue weighted by Crippen LogP contribution is -2.48. The van der Waals surface area contributed by atoms with Gasteiger partial charge in [-0.2, -0.15) is 0 Å². The van der Waals surface area contributed by atoms with E-state index in [2.05, 4.69) is 39.6 Å². The van der Waals surface area contributed by atoms with Crippen LogP contribution < -0.4 is 10.6 Å². The van der Waals surface area contributed by atoms with Gasteiger partial charge in [-0.3, -0.25) is 14.9 Å². The van der Waals surface area contributed by atoms with Crippen LogP contribution in [0.25, 0.3) is 0 Å². The van der Waals surface area contributed by atoms with Gasteiger partial charge in [-0.25, -0.2) is 0 Å². The molecule has 1 aromatic heterocycles. The molecule has 1 aliphatic heterocycles. The maximum Gasteiger partial charge on any atom is 0.191 e. The van der Waals surface area contributed by atoms with Crippen molar-refractivity contribution < 1.29 is 0 Å². The smallest absolute Gasteiger partial charge is 0.191 e. The standard InChI is InChI=1S/C19H31N5.HI/c1-2-20-19(22-12-8-16-6-7-16)23-17-9-13-24(14-10-17)15-18-5-3-4-11-21-18;/h3-5,11,16-17H,2,6-10,12-15H2,1H3,(H2,20,22,23);1H. The predicted octanol–water partition coefficient (Wildman–Crippen LogP) is 3.02. The number of aliphatic imine (C=N–C) groups is 1. The molecule has 1 aliphatic carbocycles. The summed E-state index contributed by atoms with van der Waals surface area (Å²) in [5, 5.41) is 7.02. The second-order valence-electron chi connectivity index (χ2n) is 7.01. The van der Waals surface area contributed by atoms with Crippen LogP contribution in [-0.2, 0) is 6.54 Å². The minimum absolute atomic E-state index is 0. The van der Waals surface area contributed by atoms with Gasteiger partial charge < -0.3 is 10.6 Å². The van der Waals surface area contributed by atoms with E-state index in [4.69, 9.17) is 4.99 Å². The Morgan fingerprint density at radius 3 is 2.68 bits per heavy atom. The molecule has 2 aliphatic rings. The number of hydrogen-bond acceptors (Lipinski definition) is 3. The fourth-order valence-corrected chi connectivity index (χ4v) is 3.23. The van der Waals surface area contributed by atoms with Crippen molar-refractivity contribution in [3.63, 3.8) is 0 Å². The van der Waals surface area contributed by atoms with Gasteiger partial charge in [-0.05, 0) is 44.2 Å². The van der Waals surface area contributed by atoms with Crippen LogP contribution in [0.2, 0.25) is 0 Å². The Kier molecular flexibility index (Phi) is 8.95. The van der Waals surface area contributed by atoms with Gasteiger partial charge in [0.1, 0.15) is 0 Å². The Morgan fingerprint density at radius 1 is 1.24 bits per heavy atom. The van der Waals surface area contributed by atoms with Gasteiger partial charge in [-0.1, -0.05) is 18.9 Å². The summed E-state index contributed by atoms with van der Waals surface area (Å²) in [7, 11) is 0. The van der Waals surface area contributed by atoms with E-state index in [1.54, 1.807) is 0 Å². The van der Waals surface area contributed by atoms with Crippen molar-refractivity contribution in [1.82, 2.24) is 20.5 Å². The zero-order valence-electron chi connectivity index (χ0n) is 15.3. The Labute approximate surface area is 169 Å². The maximum atomic E-state index is 4.75.